The highest BCUT2D eigenvalue weighted by Crippen LogP contribution is 2.26. The van der Waals surface area contributed by atoms with E-state index < -0.39 is 42.2 Å². The molecule has 0 saturated carbocycles. The van der Waals surface area contributed by atoms with Crippen LogP contribution in [0.4, 0.5) is 0 Å². The fraction of sp³-hybridized carbons (Fsp3) is 0.579. The summed E-state index contributed by atoms with van der Waals surface area (Å²) in [5, 5.41) is 0. The fourth-order valence-corrected chi connectivity index (χ4v) is 2.27. The molecule has 9 nitrogen and oxygen atoms in total. The van der Waals surface area contributed by atoms with Crippen molar-refractivity contribution in [1.82, 2.24) is 0 Å². The molecule has 0 bridgehead atoms. The molecule has 0 aliphatic carbocycles. The first-order valence-corrected chi connectivity index (χ1v) is 8.78. The van der Waals surface area contributed by atoms with Crippen LogP contribution in [0, 0.1) is 5.92 Å². The predicted octanol–water partition coefficient (Wildman–Crippen LogP) is 1.45. The van der Waals surface area contributed by atoms with Gasteiger partial charge in [0.1, 0.15) is 6.61 Å². The number of hydrogen-bond donors (Lipinski definition) is 0. The quantitative estimate of drug-likeness (QED) is 0.340. The molecule has 1 heterocycles. The number of hydrogen-bond acceptors (Lipinski definition) is 9. The van der Waals surface area contributed by atoms with E-state index in [2.05, 4.69) is 0 Å². The molecule has 156 valence electrons. The van der Waals surface area contributed by atoms with Crippen LogP contribution in [0.1, 0.15) is 34.6 Å². The summed E-state index contributed by atoms with van der Waals surface area (Å²) < 4.78 is 26.0. The van der Waals surface area contributed by atoms with Crippen molar-refractivity contribution < 1.29 is 42.9 Å². The third-order valence-corrected chi connectivity index (χ3v) is 3.39. The Morgan fingerprint density at radius 3 is 2.21 bits per heavy atom. The summed E-state index contributed by atoms with van der Waals surface area (Å²) in [5.41, 5.74) is 0.280. The molecule has 9 heteroatoms. The van der Waals surface area contributed by atoms with E-state index in [0.717, 1.165) is 6.08 Å². The number of carbonyl (C=O) groups is 4. The molecule has 0 unspecified atom stereocenters. The highest BCUT2D eigenvalue weighted by molar-refractivity contribution is 5.82. The average molecular weight is 398 g/mol. The zero-order chi connectivity index (χ0) is 21.3. The smallest absolute Gasteiger partial charge is 0.330 e. The maximum absolute atomic E-state index is 11.8. The summed E-state index contributed by atoms with van der Waals surface area (Å²) in [6, 6.07) is 0. The lowest BCUT2D eigenvalue weighted by atomic mass is 9.98. The number of carbonyl (C=O) groups excluding carboxylic acids is 4. The monoisotopic (exact) mass is 398 g/mol. The minimum atomic E-state index is -1.07. The molecular weight excluding hydrogens is 372 g/mol. The first kappa shape index (κ1) is 23.2. The maximum atomic E-state index is 11.8. The van der Waals surface area contributed by atoms with E-state index in [1.54, 1.807) is 0 Å². The Labute approximate surface area is 163 Å². The lowest BCUT2D eigenvalue weighted by molar-refractivity contribution is -0.180. The molecule has 1 aliphatic heterocycles. The van der Waals surface area contributed by atoms with Crippen LogP contribution in [0.2, 0.25) is 0 Å². The van der Waals surface area contributed by atoms with Gasteiger partial charge in [-0.3, -0.25) is 14.4 Å². The average Bonchev–Trinajstić information content (AvgIpc) is 2.58. The van der Waals surface area contributed by atoms with Crippen molar-refractivity contribution in [3.63, 3.8) is 0 Å². The highest BCUT2D eigenvalue weighted by atomic mass is 16.6. The molecule has 0 aromatic rings. The number of ether oxygens (including phenoxy) is 5. The van der Waals surface area contributed by atoms with Crippen LogP contribution in [0.25, 0.3) is 0 Å². The van der Waals surface area contributed by atoms with Crippen LogP contribution >= 0.6 is 0 Å². The van der Waals surface area contributed by atoms with E-state index in [9.17, 15) is 19.2 Å². The number of esters is 4. The summed E-state index contributed by atoms with van der Waals surface area (Å²) in [7, 11) is 0. The normalized spacial score (nSPS) is 21.5. The van der Waals surface area contributed by atoms with Gasteiger partial charge in [-0.1, -0.05) is 13.8 Å². The van der Waals surface area contributed by atoms with E-state index >= 15 is 0 Å². The Hall–Kier alpha value is -2.84. The van der Waals surface area contributed by atoms with E-state index in [0.29, 0.717) is 0 Å². The van der Waals surface area contributed by atoms with Gasteiger partial charge in [0.2, 0.25) is 0 Å². The van der Waals surface area contributed by atoms with E-state index in [4.69, 9.17) is 23.7 Å². The van der Waals surface area contributed by atoms with Crippen LogP contribution < -0.4 is 0 Å². The second-order valence-corrected chi connectivity index (χ2v) is 6.56. The Morgan fingerprint density at radius 1 is 1.04 bits per heavy atom. The van der Waals surface area contributed by atoms with Crippen molar-refractivity contribution in [2.75, 3.05) is 13.2 Å². The van der Waals surface area contributed by atoms with Crippen molar-refractivity contribution in [2.45, 2.75) is 52.9 Å². The summed E-state index contributed by atoms with van der Waals surface area (Å²) >= 11 is 0. The molecule has 0 saturated heterocycles. The third kappa shape index (κ3) is 8.24. The van der Waals surface area contributed by atoms with Gasteiger partial charge in [0.05, 0.1) is 12.9 Å². The topological polar surface area (TPSA) is 114 Å². The van der Waals surface area contributed by atoms with Gasteiger partial charge in [-0.15, -0.1) is 0 Å². The van der Waals surface area contributed by atoms with Crippen LogP contribution in [-0.4, -0.2) is 55.4 Å². The van der Waals surface area contributed by atoms with Gasteiger partial charge in [0.15, 0.2) is 18.3 Å². The van der Waals surface area contributed by atoms with Gasteiger partial charge in [0.25, 0.3) is 0 Å². The van der Waals surface area contributed by atoms with Gasteiger partial charge in [-0.05, 0) is 12.0 Å². The predicted molar refractivity (Wildman–Crippen MR) is 95.6 cm³/mol. The summed E-state index contributed by atoms with van der Waals surface area (Å²) in [6.07, 6.45) is 0.762. The van der Waals surface area contributed by atoms with Crippen LogP contribution in [0.15, 0.2) is 24.0 Å². The molecule has 0 amide bonds. The Balaban J connectivity index is 3.05. The van der Waals surface area contributed by atoms with E-state index in [1.807, 2.05) is 13.8 Å². The molecule has 28 heavy (non-hydrogen) atoms. The third-order valence-electron chi connectivity index (χ3n) is 3.39. The molecule has 0 spiro atoms. The Bertz CT molecular complexity index is 648. The standard InChI is InChI=1S/C19H26O9/c1-11(2)8-26-17(23)7-6-15-9-25-16(10-24-12(3)20)19(28-14(5)22)18(15)27-13(4)21/h6-7,9,11,16,18-19H,8,10H2,1-5H3/b7-6+/t16-,18-,19-/m1/s1. The summed E-state index contributed by atoms with van der Waals surface area (Å²) in [5.74, 6) is -2.21. The second kappa shape index (κ2) is 11.1. The molecule has 0 radical (unpaired) electrons. The van der Waals surface area contributed by atoms with E-state index in [-0.39, 0.29) is 24.7 Å². The minimum absolute atomic E-state index is 0.179. The largest absolute Gasteiger partial charge is 0.490 e. The summed E-state index contributed by atoms with van der Waals surface area (Å²) in [6.45, 7) is 7.45. The molecule has 1 rings (SSSR count). The molecule has 0 N–H and O–H groups in total. The van der Waals surface area contributed by atoms with Crippen molar-refractivity contribution in [3.8, 4) is 0 Å². The molecule has 3 atom stereocenters. The Kier molecular flexibility index (Phi) is 9.20. The lowest BCUT2D eigenvalue weighted by Gasteiger charge is -2.35. The molecule has 0 fully saturated rings. The molecular formula is C19H26O9. The van der Waals surface area contributed by atoms with E-state index in [1.165, 1.54) is 33.1 Å². The zero-order valence-corrected chi connectivity index (χ0v) is 16.6. The van der Waals surface area contributed by atoms with Gasteiger partial charge >= 0.3 is 23.9 Å². The van der Waals surface area contributed by atoms with Crippen LogP contribution in [0.5, 0.6) is 0 Å². The van der Waals surface area contributed by atoms with Crippen molar-refractivity contribution in [2.24, 2.45) is 5.92 Å². The first-order chi connectivity index (χ1) is 13.1. The van der Waals surface area contributed by atoms with Crippen molar-refractivity contribution >= 4 is 23.9 Å². The van der Waals surface area contributed by atoms with Crippen molar-refractivity contribution in [3.05, 3.63) is 24.0 Å². The molecule has 0 aromatic heterocycles. The maximum Gasteiger partial charge on any atom is 0.330 e. The van der Waals surface area contributed by atoms with Crippen LogP contribution in [-0.2, 0) is 42.9 Å². The molecule has 1 aliphatic rings. The Morgan fingerprint density at radius 2 is 1.68 bits per heavy atom. The SMILES string of the molecule is CC(=O)OC[C@H]1OC=C(/C=C/C(=O)OCC(C)C)[C@@H](OC(C)=O)[C@@H]1OC(C)=O. The van der Waals surface area contributed by atoms with Gasteiger partial charge < -0.3 is 23.7 Å². The van der Waals surface area contributed by atoms with Crippen LogP contribution in [0.3, 0.4) is 0 Å². The van der Waals surface area contributed by atoms with Crippen molar-refractivity contribution in [1.29, 1.82) is 0 Å². The molecule has 0 aromatic carbocycles. The summed E-state index contributed by atoms with van der Waals surface area (Å²) in [4.78, 5) is 45.9. The first-order valence-electron chi connectivity index (χ1n) is 8.78. The minimum Gasteiger partial charge on any atom is -0.490 e. The number of rotatable bonds is 8. The lowest BCUT2D eigenvalue weighted by Crippen LogP contribution is -2.49. The fourth-order valence-electron chi connectivity index (χ4n) is 2.27. The van der Waals surface area contributed by atoms with Gasteiger partial charge in [-0.25, -0.2) is 4.79 Å². The highest BCUT2D eigenvalue weighted by Gasteiger charge is 2.41. The van der Waals surface area contributed by atoms with Gasteiger partial charge in [0, 0.05) is 32.4 Å². The zero-order valence-electron chi connectivity index (χ0n) is 16.6. The second-order valence-electron chi connectivity index (χ2n) is 6.56. The van der Waals surface area contributed by atoms with Gasteiger partial charge in [-0.2, -0.15) is 0 Å².